The van der Waals surface area contributed by atoms with Crippen LogP contribution in [0.25, 0.3) is 0 Å². The number of rotatable bonds is 1. The van der Waals surface area contributed by atoms with Gasteiger partial charge in [-0.25, -0.2) is 0 Å². The van der Waals surface area contributed by atoms with Crippen molar-refractivity contribution < 1.29 is 5.11 Å². The van der Waals surface area contributed by atoms with Gasteiger partial charge in [-0.1, -0.05) is 44.2 Å². The zero-order chi connectivity index (χ0) is 12.1. The normalized spacial score (nSPS) is 33.3. The fraction of sp³-hybridized carbons (Fsp3) is 0.600. The molecule has 0 aromatic heterocycles. The van der Waals surface area contributed by atoms with Gasteiger partial charge in [0, 0.05) is 0 Å². The highest BCUT2D eigenvalue weighted by Gasteiger charge is 2.12. The molecule has 1 aliphatic rings. The molecule has 1 aliphatic carbocycles. The van der Waals surface area contributed by atoms with E-state index in [1.54, 1.807) is 0 Å². The lowest BCUT2D eigenvalue weighted by atomic mass is 9.88. The third-order valence-electron chi connectivity index (χ3n) is 3.41. The molecule has 0 spiro atoms. The molecule has 1 unspecified atom stereocenters. The van der Waals surface area contributed by atoms with Crippen molar-refractivity contribution in [3.63, 3.8) is 0 Å². The Morgan fingerprint density at radius 2 is 2.12 bits per heavy atom. The maximum atomic E-state index is 9.91. The topological polar surface area (TPSA) is 20.2 Å². The molecule has 0 aromatic rings. The van der Waals surface area contributed by atoms with Crippen LogP contribution in [0.5, 0.6) is 0 Å². The van der Waals surface area contributed by atoms with Crippen LogP contribution in [0.1, 0.15) is 40.0 Å². The van der Waals surface area contributed by atoms with Crippen molar-refractivity contribution in [3.05, 3.63) is 36.0 Å². The first kappa shape index (κ1) is 13.2. The number of hydrogen-bond acceptors (Lipinski definition) is 1. The van der Waals surface area contributed by atoms with Gasteiger partial charge < -0.3 is 5.11 Å². The monoisotopic (exact) mass is 220 g/mol. The van der Waals surface area contributed by atoms with Gasteiger partial charge in [0.25, 0.3) is 0 Å². The maximum Gasteiger partial charge on any atom is 0.0750 e. The van der Waals surface area contributed by atoms with Crippen molar-refractivity contribution >= 4 is 0 Å². The molecule has 1 heteroatoms. The lowest BCUT2D eigenvalue weighted by Crippen LogP contribution is -2.11. The standard InChI is InChI=1S/C15H24O/c1-11(2)14-8-5-12(3)6-10-15(16)13(4)7-9-14/h5,7-8,11,14-16H,3,6,9-10H2,1-2,4H3/b8-5+,13-7-/t14-,15?/m0/s1. The van der Waals surface area contributed by atoms with Crippen molar-refractivity contribution in [1.29, 1.82) is 0 Å². The van der Waals surface area contributed by atoms with Crippen molar-refractivity contribution in [1.82, 2.24) is 0 Å². The SMILES string of the molecule is C=C1/C=C/[C@H](C(C)C)C/C=C(/C)C(O)CC1. The number of aliphatic hydroxyl groups is 1. The van der Waals surface area contributed by atoms with Gasteiger partial charge in [-0.15, -0.1) is 0 Å². The van der Waals surface area contributed by atoms with Gasteiger partial charge in [0.2, 0.25) is 0 Å². The number of allylic oxidation sites excluding steroid dienone is 4. The van der Waals surface area contributed by atoms with E-state index in [9.17, 15) is 5.11 Å². The summed E-state index contributed by atoms with van der Waals surface area (Å²) in [5.74, 6) is 1.18. The summed E-state index contributed by atoms with van der Waals surface area (Å²) in [6, 6.07) is 0. The molecule has 2 atom stereocenters. The summed E-state index contributed by atoms with van der Waals surface area (Å²) in [6.45, 7) is 10.5. The highest BCUT2D eigenvalue weighted by molar-refractivity contribution is 5.18. The van der Waals surface area contributed by atoms with Crippen LogP contribution in [0.4, 0.5) is 0 Å². The summed E-state index contributed by atoms with van der Waals surface area (Å²) >= 11 is 0. The average Bonchev–Trinajstić information content (AvgIpc) is 2.23. The molecular formula is C15H24O. The van der Waals surface area contributed by atoms with Gasteiger partial charge in [0.05, 0.1) is 6.10 Å². The van der Waals surface area contributed by atoms with Gasteiger partial charge in [-0.05, 0) is 43.6 Å². The van der Waals surface area contributed by atoms with Gasteiger partial charge in [0.15, 0.2) is 0 Å². The largest absolute Gasteiger partial charge is 0.389 e. The van der Waals surface area contributed by atoms with Crippen LogP contribution in [0.15, 0.2) is 36.0 Å². The molecule has 0 aliphatic heterocycles. The fourth-order valence-corrected chi connectivity index (χ4v) is 1.92. The van der Waals surface area contributed by atoms with E-state index in [0.29, 0.717) is 11.8 Å². The molecule has 16 heavy (non-hydrogen) atoms. The molecule has 0 heterocycles. The smallest absolute Gasteiger partial charge is 0.0750 e. The minimum absolute atomic E-state index is 0.295. The number of aliphatic hydroxyl groups excluding tert-OH is 1. The molecular weight excluding hydrogens is 196 g/mol. The fourth-order valence-electron chi connectivity index (χ4n) is 1.92. The summed E-state index contributed by atoms with van der Waals surface area (Å²) in [5.41, 5.74) is 2.23. The van der Waals surface area contributed by atoms with E-state index in [4.69, 9.17) is 0 Å². The molecule has 1 rings (SSSR count). The first-order valence-electron chi connectivity index (χ1n) is 6.21. The van der Waals surface area contributed by atoms with Crippen molar-refractivity contribution in [3.8, 4) is 0 Å². The highest BCUT2D eigenvalue weighted by Crippen LogP contribution is 2.23. The first-order chi connectivity index (χ1) is 7.50. The van der Waals surface area contributed by atoms with E-state index in [1.807, 2.05) is 6.92 Å². The van der Waals surface area contributed by atoms with Crippen LogP contribution >= 0.6 is 0 Å². The summed E-state index contributed by atoms with van der Waals surface area (Å²) in [5, 5.41) is 9.91. The van der Waals surface area contributed by atoms with E-state index in [-0.39, 0.29) is 6.10 Å². The Bertz CT molecular complexity index is 297. The minimum atomic E-state index is -0.295. The maximum absolute atomic E-state index is 9.91. The van der Waals surface area contributed by atoms with Crippen LogP contribution in [0.3, 0.4) is 0 Å². The van der Waals surface area contributed by atoms with Crippen molar-refractivity contribution in [2.45, 2.75) is 46.1 Å². The van der Waals surface area contributed by atoms with Crippen molar-refractivity contribution in [2.24, 2.45) is 11.8 Å². The lowest BCUT2D eigenvalue weighted by Gasteiger charge is -2.19. The summed E-state index contributed by atoms with van der Waals surface area (Å²) in [6.07, 6.45) is 8.99. The van der Waals surface area contributed by atoms with E-state index < -0.39 is 0 Å². The Balaban J connectivity index is 2.82. The van der Waals surface area contributed by atoms with Crippen LogP contribution in [0, 0.1) is 11.8 Å². The molecule has 0 bridgehead atoms. The Morgan fingerprint density at radius 1 is 1.44 bits per heavy atom. The third-order valence-corrected chi connectivity index (χ3v) is 3.41. The molecule has 0 radical (unpaired) electrons. The Labute approximate surface area is 99.6 Å². The molecule has 90 valence electrons. The zero-order valence-electron chi connectivity index (χ0n) is 10.7. The van der Waals surface area contributed by atoms with Crippen molar-refractivity contribution in [2.75, 3.05) is 0 Å². The predicted molar refractivity (Wildman–Crippen MR) is 70.2 cm³/mol. The number of hydrogen-bond donors (Lipinski definition) is 1. The molecule has 0 aromatic carbocycles. The molecule has 1 nitrogen and oxygen atoms in total. The molecule has 0 fully saturated rings. The average molecular weight is 220 g/mol. The summed E-state index contributed by atoms with van der Waals surface area (Å²) in [4.78, 5) is 0. The molecule has 0 saturated carbocycles. The first-order valence-corrected chi connectivity index (χ1v) is 6.21. The second-order valence-corrected chi connectivity index (χ2v) is 5.16. The Hall–Kier alpha value is -0.820. The minimum Gasteiger partial charge on any atom is -0.389 e. The van der Waals surface area contributed by atoms with Crippen LogP contribution in [-0.4, -0.2) is 11.2 Å². The lowest BCUT2D eigenvalue weighted by molar-refractivity contribution is 0.200. The van der Waals surface area contributed by atoms with Gasteiger partial charge in [-0.3, -0.25) is 0 Å². The van der Waals surface area contributed by atoms with Gasteiger partial charge in [-0.2, -0.15) is 0 Å². The quantitative estimate of drug-likeness (QED) is 0.665. The molecule has 0 saturated heterocycles. The van der Waals surface area contributed by atoms with Crippen LogP contribution in [0.2, 0.25) is 0 Å². The highest BCUT2D eigenvalue weighted by atomic mass is 16.3. The predicted octanol–water partition coefficient (Wildman–Crippen LogP) is 3.86. The Morgan fingerprint density at radius 3 is 2.75 bits per heavy atom. The van der Waals surface area contributed by atoms with Crippen LogP contribution in [-0.2, 0) is 0 Å². The van der Waals surface area contributed by atoms with E-state index in [2.05, 4.69) is 38.7 Å². The van der Waals surface area contributed by atoms with E-state index in [1.165, 1.54) is 0 Å². The summed E-state index contributed by atoms with van der Waals surface area (Å²) < 4.78 is 0. The second-order valence-electron chi connectivity index (χ2n) is 5.16. The Kier molecular flexibility index (Phi) is 5.01. The zero-order valence-corrected chi connectivity index (χ0v) is 10.7. The summed E-state index contributed by atoms with van der Waals surface area (Å²) in [7, 11) is 0. The van der Waals surface area contributed by atoms with Crippen LogP contribution < -0.4 is 0 Å². The van der Waals surface area contributed by atoms with Gasteiger partial charge in [0.1, 0.15) is 0 Å². The molecule has 0 amide bonds. The third kappa shape index (κ3) is 3.97. The van der Waals surface area contributed by atoms with Gasteiger partial charge >= 0.3 is 0 Å². The molecule has 1 N–H and O–H groups in total. The second kappa shape index (κ2) is 6.05. The van der Waals surface area contributed by atoms with E-state index in [0.717, 1.165) is 30.4 Å². The van der Waals surface area contributed by atoms with E-state index >= 15 is 0 Å².